The molecule has 1 atom stereocenters. The van der Waals surface area contributed by atoms with Gasteiger partial charge in [0.1, 0.15) is 5.82 Å². The normalized spacial score (nSPS) is 18.3. The molecule has 0 heterocycles. The van der Waals surface area contributed by atoms with Crippen molar-refractivity contribution in [1.82, 2.24) is 0 Å². The molecule has 0 saturated heterocycles. The average Bonchev–Trinajstić information content (AvgIpc) is 2.82. The van der Waals surface area contributed by atoms with E-state index >= 15 is 0 Å². The number of para-hydroxylation sites is 1. The van der Waals surface area contributed by atoms with Gasteiger partial charge in [-0.3, -0.25) is 0 Å². The fourth-order valence-corrected chi connectivity index (χ4v) is 2.63. The van der Waals surface area contributed by atoms with E-state index in [-0.39, 0.29) is 11.9 Å². The molecule has 0 aliphatic heterocycles. The quantitative estimate of drug-likeness (QED) is 0.870. The van der Waals surface area contributed by atoms with Gasteiger partial charge in [-0.25, -0.2) is 4.39 Å². The Morgan fingerprint density at radius 2 is 2.00 bits per heavy atom. The van der Waals surface area contributed by atoms with Crippen molar-refractivity contribution in [3.05, 3.63) is 30.1 Å². The summed E-state index contributed by atoms with van der Waals surface area (Å²) in [7, 11) is 1.83. The standard InChI is InChI=1S/C14H20FNO/c1-16(13-9-5-4-8-12(13)15)10-14(17)11-6-2-3-7-11/h4-5,8-9,11,14,17H,2-3,6-7,10H2,1H3. The molecule has 1 saturated carbocycles. The van der Waals surface area contributed by atoms with E-state index in [1.165, 1.54) is 18.9 Å². The monoisotopic (exact) mass is 237 g/mol. The molecule has 1 unspecified atom stereocenters. The summed E-state index contributed by atoms with van der Waals surface area (Å²) in [5.41, 5.74) is 0.560. The van der Waals surface area contributed by atoms with Gasteiger partial charge in [0.15, 0.2) is 0 Å². The van der Waals surface area contributed by atoms with Gasteiger partial charge in [0.2, 0.25) is 0 Å². The zero-order valence-corrected chi connectivity index (χ0v) is 10.3. The van der Waals surface area contributed by atoms with E-state index < -0.39 is 0 Å². The van der Waals surface area contributed by atoms with Crippen molar-refractivity contribution >= 4 is 5.69 Å². The maximum Gasteiger partial charge on any atom is 0.146 e. The summed E-state index contributed by atoms with van der Waals surface area (Å²) in [6, 6.07) is 6.70. The van der Waals surface area contributed by atoms with Crippen LogP contribution in [0.3, 0.4) is 0 Å². The molecule has 1 N–H and O–H groups in total. The molecule has 0 aromatic heterocycles. The van der Waals surface area contributed by atoms with Crippen LogP contribution < -0.4 is 4.90 Å². The summed E-state index contributed by atoms with van der Waals surface area (Å²) in [6.07, 6.45) is 4.29. The van der Waals surface area contributed by atoms with Gasteiger partial charge < -0.3 is 10.0 Å². The number of likely N-dealkylation sites (N-methyl/N-ethyl adjacent to an activating group) is 1. The highest BCUT2D eigenvalue weighted by Crippen LogP contribution is 2.28. The van der Waals surface area contributed by atoms with Gasteiger partial charge in [-0.1, -0.05) is 25.0 Å². The Balaban J connectivity index is 1.96. The second-order valence-electron chi connectivity index (χ2n) is 4.94. The van der Waals surface area contributed by atoms with E-state index in [1.54, 1.807) is 17.0 Å². The van der Waals surface area contributed by atoms with E-state index in [0.717, 1.165) is 12.8 Å². The lowest BCUT2D eigenvalue weighted by Crippen LogP contribution is -2.33. The summed E-state index contributed by atoms with van der Waals surface area (Å²) >= 11 is 0. The van der Waals surface area contributed by atoms with Gasteiger partial charge in [-0.2, -0.15) is 0 Å². The lowest BCUT2D eigenvalue weighted by Gasteiger charge is -2.26. The summed E-state index contributed by atoms with van der Waals surface area (Å²) in [5, 5.41) is 10.1. The average molecular weight is 237 g/mol. The van der Waals surface area contributed by atoms with Gasteiger partial charge in [-0.15, -0.1) is 0 Å². The Morgan fingerprint density at radius 3 is 2.65 bits per heavy atom. The smallest absolute Gasteiger partial charge is 0.146 e. The molecular formula is C14H20FNO. The van der Waals surface area contributed by atoms with E-state index in [0.29, 0.717) is 18.2 Å². The summed E-state index contributed by atoms with van der Waals surface area (Å²) in [4.78, 5) is 1.80. The highest BCUT2D eigenvalue weighted by atomic mass is 19.1. The van der Waals surface area contributed by atoms with E-state index in [9.17, 15) is 9.50 Å². The van der Waals surface area contributed by atoms with E-state index in [1.807, 2.05) is 13.1 Å². The number of benzene rings is 1. The third kappa shape index (κ3) is 2.97. The van der Waals surface area contributed by atoms with Gasteiger partial charge in [0, 0.05) is 13.6 Å². The molecule has 0 bridgehead atoms. The molecule has 0 spiro atoms. The van der Waals surface area contributed by atoms with E-state index in [4.69, 9.17) is 0 Å². The maximum absolute atomic E-state index is 13.5. The largest absolute Gasteiger partial charge is 0.391 e. The van der Waals surface area contributed by atoms with Crippen LogP contribution in [0.15, 0.2) is 24.3 Å². The van der Waals surface area contributed by atoms with Crippen molar-refractivity contribution in [2.45, 2.75) is 31.8 Å². The first-order chi connectivity index (χ1) is 8.18. The lowest BCUT2D eigenvalue weighted by molar-refractivity contribution is 0.117. The van der Waals surface area contributed by atoms with Crippen LogP contribution in [0, 0.1) is 11.7 Å². The summed E-state index contributed by atoms with van der Waals surface area (Å²) < 4.78 is 13.5. The Labute approximate surface area is 102 Å². The summed E-state index contributed by atoms with van der Waals surface area (Å²) in [6.45, 7) is 0.506. The zero-order valence-electron chi connectivity index (χ0n) is 10.3. The SMILES string of the molecule is CN(CC(O)C1CCCC1)c1ccccc1F. The minimum atomic E-state index is -0.345. The molecule has 1 aliphatic rings. The van der Waals surface area contributed by atoms with Gasteiger partial charge in [0.05, 0.1) is 11.8 Å². The van der Waals surface area contributed by atoms with Crippen molar-refractivity contribution in [3.63, 3.8) is 0 Å². The van der Waals surface area contributed by atoms with Crippen LogP contribution in [0.2, 0.25) is 0 Å². The van der Waals surface area contributed by atoms with Crippen LogP contribution in [-0.4, -0.2) is 24.8 Å². The van der Waals surface area contributed by atoms with Crippen LogP contribution in [-0.2, 0) is 0 Å². The first-order valence-electron chi connectivity index (χ1n) is 6.32. The lowest BCUT2D eigenvalue weighted by atomic mass is 10.0. The molecule has 1 aliphatic carbocycles. The van der Waals surface area contributed by atoms with Crippen molar-refractivity contribution in [2.75, 3.05) is 18.5 Å². The van der Waals surface area contributed by atoms with Crippen LogP contribution in [0.5, 0.6) is 0 Å². The maximum atomic E-state index is 13.5. The number of anilines is 1. The minimum absolute atomic E-state index is 0.228. The number of halogens is 1. The van der Waals surface area contributed by atoms with Crippen molar-refractivity contribution in [3.8, 4) is 0 Å². The third-order valence-corrected chi connectivity index (χ3v) is 3.67. The molecule has 3 heteroatoms. The molecule has 2 rings (SSSR count). The van der Waals surface area contributed by atoms with Gasteiger partial charge in [-0.05, 0) is 30.9 Å². The van der Waals surface area contributed by atoms with Gasteiger partial charge >= 0.3 is 0 Å². The molecule has 0 radical (unpaired) electrons. The highest BCUT2D eigenvalue weighted by Gasteiger charge is 2.24. The second-order valence-corrected chi connectivity index (χ2v) is 4.94. The third-order valence-electron chi connectivity index (χ3n) is 3.67. The van der Waals surface area contributed by atoms with Crippen molar-refractivity contribution < 1.29 is 9.50 Å². The number of hydrogen-bond acceptors (Lipinski definition) is 2. The van der Waals surface area contributed by atoms with Crippen molar-refractivity contribution in [1.29, 1.82) is 0 Å². The minimum Gasteiger partial charge on any atom is -0.391 e. The molecule has 2 nitrogen and oxygen atoms in total. The molecule has 1 aromatic carbocycles. The number of rotatable bonds is 4. The first kappa shape index (κ1) is 12.4. The molecule has 17 heavy (non-hydrogen) atoms. The number of aliphatic hydroxyl groups excluding tert-OH is 1. The Kier molecular flexibility index (Phi) is 4.00. The number of aliphatic hydroxyl groups is 1. The molecule has 1 aromatic rings. The first-order valence-corrected chi connectivity index (χ1v) is 6.32. The molecule has 1 fully saturated rings. The number of nitrogens with zero attached hydrogens (tertiary/aromatic N) is 1. The molecule has 94 valence electrons. The highest BCUT2D eigenvalue weighted by molar-refractivity contribution is 5.46. The van der Waals surface area contributed by atoms with Crippen LogP contribution in [0.4, 0.5) is 10.1 Å². The Hall–Kier alpha value is -1.09. The predicted molar refractivity (Wildman–Crippen MR) is 67.6 cm³/mol. The van der Waals surface area contributed by atoms with Crippen molar-refractivity contribution in [2.24, 2.45) is 5.92 Å². The van der Waals surface area contributed by atoms with E-state index in [2.05, 4.69) is 0 Å². The van der Waals surface area contributed by atoms with Crippen LogP contribution >= 0.6 is 0 Å². The van der Waals surface area contributed by atoms with Gasteiger partial charge in [0.25, 0.3) is 0 Å². The molecular weight excluding hydrogens is 217 g/mol. The number of hydrogen-bond donors (Lipinski definition) is 1. The Morgan fingerprint density at radius 1 is 1.35 bits per heavy atom. The fourth-order valence-electron chi connectivity index (χ4n) is 2.63. The zero-order chi connectivity index (χ0) is 12.3. The topological polar surface area (TPSA) is 23.5 Å². The fraction of sp³-hybridized carbons (Fsp3) is 0.571. The van der Waals surface area contributed by atoms with Crippen LogP contribution in [0.1, 0.15) is 25.7 Å². The predicted octanol–water partition coefficient (Wildman–Crippen LogP) is 2.81. The Bertz CT molecular complexity index is 363. The summed E-state index contributed by atoms with van der Waals surface area (Å²) in [5.74, 6) is 0.165. The molecule has 0 amide bonds. The second kappa shape index (κ2) is 5.50. The van der Waals surface area contributed by atoms with Crippen LogP contribution in [0.25, 0.3) is 0 Å².